The first-order chi connectivity index (χ1) is 10.3. The zero-order valence-corrected chi connectivity index (χ0v) is 14.6. The largest absolute Gasteiger partial charge is 0.306 e. The molecule has 2 heteroatoms. The fourth-order valence-corrected chi connectivity index (χ4v) is 3.72. The molecule has 3 rings (SSSR count). The highest BCUT2D eigenvalue weighted by Gasteiger charge is 2.20. The van der Waals surface area contributed by atoms with Crippen molar-refractivity contribution < 1.29 is 0 Å². The second-order valence-corrected chi connectivity index (χ2v) is 6.97. The van der Waals surface area contributed by atoms with Gasteiger partial charge >= 0.3 is 0 Å². The third kappa shape index (κ3) is 3.32. The third-order valence-corrected chi connectivity index (χ3v) is 5.45. The van der Waals surface area contributed by atoms with Gasteiger partial charge in [0.05, 0.1) is 6.04 Å². The summed E-state index contributed by atoms with van der Waals surface area (Å²) in [6, 6.07) is 18.2. The molecule has 1 aliphatic carbocycles. The highest BCUT2D eigenvalue weighted by molar-refractivity contribution is 14.1. The molecule has 2 aromatic carbocycles. The van der Waals surface area contributed by atoms with Crippen LogP contribution in [-0.4, -0.2) is 6.54 Å². The Morgan fingerprint density at radius 1 is 1.10 bits per heavy atom. The summed E-state index contributed by atoms with van der Waals surface area (Å²) in [5.41, 5.74) is 4.25. The molecule has 0 radical (unpaired) electrons. The minimum atomic E-state index is 0.290. The van der Waals surface area contributed by atoms with Crippen LogP contribution in [0.25, 0.3) is 0 Å². The van der Waals surface area contributed by atoms with E-state index in [4.69, 9.17) is 0 Å². The standard InChI is InChI=1S/C19H22IN/c1-2-21-19(17-8-3-4-9-18(17)20)16-12-10-15(11-13-16)14-6-5-7-14/h3-4,8-14,19,21H,2,5-7H2,1H3. The normalized spacial score (nSPS) is 16.5. The number of halogens is 1. The van der Waals surface area contributed by atoms with Gasteiger partial charge in [-0.15, -0.1) is 0 Å². The summed E-state index contributed by atoms with van der Waals surface area (Å²) in [6.07, 6.45) is 4.13. The van der Waals surface area contributed by atoms with Gasteiger partial charge in [-0.3, -0.25) is 0 Å². The molecule has 2 aromatic rings. The maximum absolute atomic E-state index is 3.63. The number of benzene rings is 2. The molecule has 1 aliphatic rings. The molecule has 1 N–H and O–H groups in total. The molecule has 0 saturated heterocycles. The Kier molecular flexibility index (Phi) is 4.96. The predicted octanol–water partition coefficient (Wildman–Crippen LogP) is 5.26. The molecule has 0 bridgehead atoms. The van der Waals surface area contributed by atoms with Gasteiger partial charge in [0.15, 0.2) is 0 Å². The minimum Gasteiger partial charge on any atom is -0.306 e. The van der Waals surface area contributed by atoms with Gasteiger partial charge in [-0.2, -0.15) is 0 Å². The van der Waals surface area contributed by atoms with Crippen LogP contribution >= 0.6 is 22.6 Å². The van der Waals surface area contributed by atoms with E-state index in [0.717, 1.165) is 12.5 Å². The molecule has 1 fully saturated rings. The lowest BCUT2D eigenvalue weighted by atomic mass is 9.79. The Hall–Kier alpha value is -0.870. The van der Waals surface area contributed by atoms with Crippen molar-refractivity contribution in [2.24, 2.45) is 0 Å². The molecular weight excluding hydrogens is 369 g/mol. The van der Waals surface area contributed by atoms with Gasteiger partial charge in [0.1, 0.15) is 0 Å². The smallest absolute Gasteiger partial charge is 0.0587 e. The van der Waals surface area contributed by atoms with Crippen molar-refractivity contribution in [2.75, 3.05) is 6.54 Å². The summed E-state index contributed by atoms with van der Waals surface area (Å²) in [4.78, 5) is 0. The summed E-state index contributed by atoms with van der Waals surface area (Å²) in [7, 11) is 0. The van der Waals surface area contributed by atoms with Crippen molar-refractivity contribution in [3.8, 4) is 0 Å². The number of nitrogens with one attached hydrogen (secondary N) is 1. The molecule has 1 nitrogen and oxygen atoms in total. The molecule has 1 atom stereocenters. The van der Waals surface area contributed by atoms with Gasteiger partial charge in [0, 0.05) is 3.57 Å². The summed E-state index contributed by atoms with van der Waals surface area (Å²) in [5.74, 6) is 0.813. The van der Waals surface area contributed by atoms with E-state index in [1.54, 1.807) is 0 Å². The Balaban J connectivity index is 1.88. The highest BCUT2D eigenvalue weighted by atomic mass is 127. The molecule has 21 heavy (non-hydrogen) atoms. The quantitative estimate of drug-likeness (QED) is 0.686. The third-order valence-electron chi connectivity index (χ3n) is 4.47. The van der Waals surface area contributed by atoms with E-state index in [9.17, 15) is 0 Å². The van der Waals surface area contributed by atoms with E-state index < -0.39 is 0 Å². The van der Waals surface area contributed by atoms with Crippen molar-refractivity contribution in [2.45, 2.75) is 38.1 Å². The van der Waals surface area contributed by atoms with E-state index in [0.29, 0.717) is 6.04 Å². The average Bonchev–Trinajstić information content (AvgIpc) is 2.45. The fourth-order valence-electron chi connectivity index (χ4n) is 3.02. The van der Waals surface area contributed by atoms with Crippen LogP contribution in [0.2, 0.25) is 0 Å². The van der Waals surface area contributed by atoms with Crippen LogP contribution < -0.4 is 5.32 Å². The summed E-state index contributed by atoms with van der Waals surface area (Å²) in [6.45, 7) is 3.14. The lowest BCUT2D eigenvalue weighted by molar-refractivity contribution is 0.419. The van der Waals surface area contributed by atoms with Crippen molar-refractivity contribution in [1.29, 1.82) is 0 Å². The minimum absolute atomic E-state index is 0.290. The molecule has 0 aliphatic heterocycles. The van der Waals surface area contributed by atoms with Gasteiger partial charge in [0.25, 0.3) is 0 Å². The van der Waals surface area contributed by atoms with Crippen LogP contribution in [0.1, 0.15) is 54.8 Å². The predicted molar refractivity (Wildman–Crippen MR) is 97.7 cm³/mol. The van der Waals surface area contributed by atoms with Gasteiger partial charge in [0.2, 0.25) is 0 Å². The molecular formula is C19H22IN. The van der Waals surface area contributed by atoms with E-state index in [1.165, 1.54) is 39.5 Å². The van der Waals surface area contributed by atoms with Gasteiger partial charge in [-0.1, -0.05) is 55.8 Å². The average molecular weight is 391 g/mol. The van der Waals surface area contributed by atoms with Crippen LogP contribution in [0.4, 0.5) is 0 Å². The van der Waals surface area contributed by atoms with E-state index in [2.05, 4.69) is 83.4 Å². The summed E-state index contributed by atoms with van der Waals surface area (Å²) in [5, 5.41) is 3.63. The first-order valence-corrected chi connectivity index (χ1v) is 8.95. The molecule has 110 valence electrons. The Morgan fingerprint density at radius 2 is 1.81 bits per heavy atom. The molecule has 0 aromatic heterocycles. The maximum atomic E-state index is 3.63. The zero-order valence-electron chi connectivity index (χ0n) is 12.5. The number of hydrogen-bond acceptors (Lipinski definition) is 1. The Morgan fingerprint density at radius 3 is 2.38 bits per heavy atom. The topological polar surface area (TPSA) is 12.0 Å². The van der Waals surface area contributed by atoms with E-state index in [-0.39, 0.29) is 0 Å². The summed E-state index contributed by atoms with van der Waals surface area (Å²) < 4.78 is 1.32. The van der Waals surface area contributed by atoms with Crippen molar-refractivity contribution >= 4 is 22.6 Å². The molecule has 0 spiro atoms. The fraction of sp³-hybridized carbons (Fsp3) is 0.368. The van der Waals surface area contributed by atoms with Crippen LogP contribution in [0.5, 0.6) is 0 Å². The highest BCUT2D eigenvalue weighted by Crippen LogP contribution is 2.37. The first-order valence-electron chi connectivity index (χ1n) is 7.87. The van der Waals surface area contributed by atoms with Gasteiger partial charge in [-0.25, -0.2) is 0 Å². The maximum Gasteiger partial charge on any atom is 0.0587 e. The second-order valence-electron chi connectivity index (χ2n) is 5.81. The SMILES string of the molecule is CCNC(c1ccc(C2CCC2)cc1)c1ccccc1I. The Labute approximate surface area is 141 Å². The number of hydrogen-bond donors (Lipinski definition) is 1. The molecule has 0 heterocycles. The van der Waals surface area contributed by atoms with Crippen molar-refractivity contribution in [3.05, 3.63) is 68.8 Å². The van der Waals surface area contributed by atoms with Crippen LogP contribution in [0.15, 0.2) is 48.5 Å². The molecule has 1 saturated carbocycles. The van der Waals surface area contributed by atoms with Crippen LogP contribution in [0.3, 0.4) is 0 Å². The van der Waals surface area contributed by atoms with E-state index >= 15 is 0 Å². The van der Waals surface area contributed by atoms with Crippen molar-refractivity contribution in [3.63, 3.8) is 0 Å². The second kappa shape index (κ2) is 6.93. The van der Waals surface area contributed by atoms with Crippen molar-refractivity contribution in [1.82, 2.24) is 5.32 Å². The van der Waals surface area contributed by atoms with E-state index in [1.807, 2.05) is 0 Å². The molecule has 1 unspecified atom stereocenters. The monoisotopic (exact) mass is 391 g/mol. The zero-order chi connectivity index (χ0) is 14.7. The van der Waals surface area contributed by atoms with Gasteiger partial charge < -0.3 is 5.32 Å². The lowest BCUT2D eigenvalue weighted by Gasteiger charge is -2.26. The Bertz CT molecular complexity index is 587. The first kappa shape index (κ1) is 15.0. The van der Waals surface area contributed by atoms with Crippen LogP contribution in [-0.2, 0) is 0 Å². The number of rotatable bonds is 5. The summed E-state index contributed by atoms with van der Waals surface area (Å²) >= 11 is 2.43. The van der Waals surface area contributed by atoms with Gasteiger partial charge in [-0.05, 0) is 70.7 Å². The lowest BCUT2D eigenvalue weighted by Crippen LogP contribution is -2.23. The molecule has 0 amide bonds. The van der Waals surface area contributed by atoms with Crippen LogP contribution in [0, 0.1) is 3.57 Å².